The number of nitrogens with one attached hydrogen (secondary N) is 1. The number of aromatic nitrogens is 1. The number of carboxylic acids is 1. The zero-order valence-corrected chi connectivity index (χ0v) is 17.0. The van der Waals surface area contributed by atoms with Crippen LogP contribution in [-0.4, -0.2) is 30.2 Å². The highest BCUT2D eigenvalue weighted by Gasteiger charge is 2.63. The summed E-state index contributed by atoms with van der Waals surface area (Å²) < 4.78 is 69.9. The van der Waals surface area contributed by atoms with Crippen LogP contribution in [0.1, 0.15) is 23.7 Å². The second-order valence-electron chi connectivity index (χ2n) is 7.00. The molecule has 1 fully saturated rings. The Balaban J connectivity index is 1.59. The molecule has 0 amide bonds. The Labute approximate surface area is 177 Å². The summed E-state index contributed by atoms with van der Waals surface area (Å²) >= 11 is 0.643. The van der Waals surface area contributed by atoms with Gasteiger partial charge in [0.25, 0.3) is 10.0 Å². The van der Waals surface area contributed by atoms with Crippen LogP contribution in [0.2, 0.25) is 0 Å². The number of thiophene rings is 1. The number of hydrogen-bond donors (Lipinski definition) is 3. The van der Waals surface area contributed by atoms with E-state index in [1.807, 2.05) is 0 Å². The summed E-state index contributed by atoms with van der Waals surface area (Å²) in [6, 6.07) is 9.60. The highest BCUT2D eigenvalue weighted by atomic mass is 32.2. The first kappa shape index (κ1) is 21.3. The number of sulfonamides is 1. The average Bonchev–Trinajstić information content (AvgIpc) is 3.04. The van der Waals surface area contributed by atoms with E-state index in [4.69, 9.17) is 5.73 Å². The number of aliphatic carboxylic acids is 1. The zero-order chi connectivity index (χ0) is 22.6. The maximum atomic E-state index is 12.8. The van der Waals surface area contributed by atoms with E-state index >= 15 is 0 Å². The smallest absolute Gasteiger partial charge is 0.452 e. The maximum Gasteiger partial charge on any atom is 0.452 e. The summed E-state index contributed by atoms with van der Waals surface area (Å²) in [4.78, 5) is 12.0. The summed E-state index contributed by atoms with van der Waals surface area (Å²) in [5.41, 5.74) is 4.80. The SMILES string of the molecule is Nc1cccc(C2CC2(NS(=O)(=O)c2ccc(-c3cc(C(F)(F)F)on3)s2)C(=O)O)c1. The van der Waals surface area contributed by atoms with Gasteiger partial charge in [-0.1, -0.05) is 17.3 Å². The predicted molar refractivity (Wildman–Crippen MR) is 104 cm³/mol. The van der Waals surface area contributed by atoms with Crippen molar-refractivity contribution in [2.75, 3.05) is 5.73 Å². The van der Waals surface area contributed by atoms with E-state index in [-0.39, 0.29) is 21.2 Å². The highest BCUT2D eigenvalue weighted by molar-refractivity contribution is 7.91. The van der Waals surface area contributed by atoms with Gasteiger partial charge in [0.1, 0.15) is 15.4 Å². The van der Waals surface area contributed by atoms with Crippen molar-refractivity contribution in [3.8, 4) is 10.6 Å². The van der Waals surface area contributed by atoms with Gasteiger partial charge in [-0.05, 0) is 36.2 Å². The van der Waals surface area contributed by atoms with Gasteiger partial charge in [0.15, 0.2) is 0 Å². The number of carbonyl (C=O) groups is 1. The first-order chi connectivity index (χ1) is 14.4. The third kappa shape index (κ3) is 3.91. The van der Waals surface area contributed by atoms with Crippen molar-refractivity contribution < 1.29 is 36.0 Å². The van der Waals surface area contributed by atoms with E-state index in [1.54, 1.807) is 24.3 Å². The Morgan fingerprint density at radius 2 is 2.03 bits per heavy atom. The first-order valence-electron chi connectivity index (χ1n) is 8.69. The number of nitrogens with two attached hydrogens (primary N) is 1. The molecule has 0 saturated heterocycles. The van der Waals surface area contributed by atoms with Crippen molar-refractivity contribution in [2.24, 2.45) is 0 Å². The van der Waals surface area contributed by atoms with Crippen LogP contribution in [0.4, 0.5) is 18.9 Å². The van der Waals surface area contributed by atoms with Crippen molar-refractivity contribution in [1.82, 2.24) is 9.88 Å². The molecule has 0 aliphatic heterocycles. The lowest BCUT2D eigenvalue weighted by atomic mass is 10.1. The summed E-state index contributed by atoms with van der Waals surface area (Å²) in [5, 5.41) is 13.0. The van der Waals surface area contributed by atoms with Gasteiger partial charge in [0.05, 0.1) is 4.88 Å². The molecule has 2 heterocycles. The van der Waals surface area contributed by atoms with Crippen LogP contribution in [0.3, 0.4) is 0 Å². The molecule has 4 N–H and O–H groups in total. The summed E-state index contributed by atoms with van der Waals surface area (Å²) in [7, 11) is -4.28. The molecule has 1 aliphatic rings. The van der Waals surface area contributed by atoms with Crippen LogP contribution in [0.15, 0.2) is 51.2 Å². The molecule has 1 aliphatic carbocycles. The number of alkyl halides is 3. The lowest BCUT2D eigenvalue weighted by Crippen LogP contribution is -2.44. The van der Waals surface area contributed by atoms with E-state index in [0.717, 1.165) is 6.07 Å². The number of carboxylic acid groups (broad SMARTS) is 1. The Kier molecular flexibility index (Phi) is 4.87. The largest absolute Gasteiger partial charge is 0.480 e. The Bertz CT molecular complexity index is 1270. The standard InChI is InChI=1S/C18H14F3N3O5S2/c19-18(20,21)14-7-12(23-29-14)13-4-5-15(30-13)31(27,28)24-17(16(25)26)8-11(17)9-2-1-3-10(22)6-9/h1-7,11,24H,8,22H2,(H,25,26). The van der Waals surface area contributed by atoms with Crippen LogP contribution in [-0.2, 0) is 21.0 Å². The number of benzene rings is 1. The van der Waals surface area contributed by atoms with Crippen LogP contribution < -0.4 is 10.5 Å². The zero-order valence-electron chi connectivity index (χ0n) is 15.4. The lowest BCUT2D eigenvalue weighted by molar-refractivity contribution is -0.155. The molecule has 31 heavy (non-hydrogen) atoms. The molecule has 0 radical (unpaired) electrons. The topological polar surface area (TPSA) is 136 Å². The normalized spacial score (nSPS) is 21.2. The molecule has 1 saturated carbocycles. The molecule has 2 aromatic heterocycles. The van der Waals surface area contributed by atoms with Gasteiger partial charge < -0.3 is 15.4 Å². The minimum atomic E-state index is -4.73. The minimum Gasteiger partial charge on any atom is -0.480 e. The second kappa shape index (κ2) is 7.07. The molecule has 8 nitrogen and oxygen atoms in total. The van der Waals surface area contributed by atoms with Gasteiger partial charge in [0.2, 0.25) is 5.76 Å². The number of nitrogens with zero attached hydrogens (tertiary/aromatic N) is 1. The second-order valence-corrected chi connectivity index (χ2v) is 9.99. The molecule has 0 spiro atoms. The fourth-order valence-corrected chi connectivity index (χ4v) is 5.91. The maximum absolute atomic E-state index is 12.8. The predicted octanol–water partition coefficient (Wildman–Crippen LogP) is 3.29. The van der Waals surface area contributed by atoms with Crippen molar-refractivity contribution in [2.45, 2.75) is 28.3 Å². The van der Waals surface area contributed by atoms with Crippen LogP contribution >= 0.6 is 11.3 Å². The van der Waals surface area contributed by atoms with Crippen molar-refractivity contribution in [3.05, 3.63) is 53.8 Å². The molecule has 2 unspecified atom stereocenters. The van der Waals surface area contributed by atoms with Crippen molar-refractivity contribution >= 4 is 33.0 Å². The molecule has 3 aromatic rings. The number of nitrogen functional groups attached to an aromatic ring is 1. The van der Waals surface area contributed by atoms with Gasteiger partial charge >= 0.3 is 12.1 Å². The van der Waals surface area contributed by atoms with E-state index in [0.29, 0.717) is 28.7 Å². The molecular weight excluding hydrogens is 459 g/mol. The monoisotopic (exact) mass is 473 g/mol. The molecular formula is C18H14F3N3O5S2. The van der Waals surface area contributed by atoms with Gasteiger partial charge in [-0.25, -0.2) is 8.42 Å². The van der Waals surface area contributed by atoms with E-state index in [2.05, 4.69) is 14.4 Å². The third-order valence-electron chi connectivity index (χ3n) is 4.86. The molecule has 4 rings (SSSR count). The molecule has 164 valence electrons. The Morgan fingerprint density at radius 1 is 1.29 bits per heavy atom. The molecule has 2 atom stereocenters. The lowest BCUT2D eigenvalue weighted by Gasteiger charge is -2.15. The van der Waals surface area contributed by atoms with Crippen molar-refractivity contribution in [1.29, 1.82) is 0 Å². The summed E-state index contributed by atoms with van der Waals surface area (Å²) in [5.74, 6) is -3.27. The van der Waals surface area contributed by atoms with E-state index in [1.165, 1.54) is 6.07 Å². The van der Waals surface area contributed by atoms with Gasteiger partial charge in [-0.15, -0.1) is 11.3 Å². The third-order valence-corrected chi connectivity index (χ3v) is 7.97. The van der Waals surface area contributed by atoms with E-state index < -0.39 is 39.4 Å². The van der Waals surface area contributed by atoms with Gasteiger partial charge in [-0.2, -0.15) is 17.9 Å². The first-order valence-corrected chi connectivity index (χ1v) is 11.0. The van der Waals surface area contributed by atoms with Crippen LogP contribution in [0.25, 0.3) is 10.6 Å². The number of rotatable bonds is 6. The molecule has 0 bridgehead atoms. The Hall–Kier alpha value is -2.90. The molecule has 1 aromatic carbocycles. The number of halogens is 3. The molecule has 13 heteroatoms. The quantitative estimate of drug-likeness (QED) is 0.468. The fourth-order valence-electron chi connectivity index (χ4n) is 3.25. The van der Waals surface area contributed by atoms with Crippen molar-refractivity contribution in [3.63, 3.8) is 0 Å². The fraction of sp³-hybridized carbons (Fsp3) is 0.222. The summed E-state index contributed by atoms with van der Waals surface area (Å²) in [6.45, 7) is 0. The average molecular weight is 473 g/mol. The number of hydrogen-bond acceptors (Lipinski definition) is 7. The number of anilines is 1. The summed E-state index contributed by atoms with van der Waals surface area (Å²) in [6.07, 6.45) is -4.70. The van der Waals surface area contributed by atoms with E-state index in [9.17, 15) is 31.5 Å². The minimum absolute atomic E-state index is 0.0292. The van der Waals surface area contributed by atoms with Gasteiger partial charge in [-0.3, -0.25) is 4.79 Å². The highest BCUT2D eigenvalue weighted by Crippen LogP contribution is 2.53. The van der Waals surface area contributed by atoms with Gasteiger partial charge in [0, 0.05) is 17.7 Å². The van der Waals surface area contributed by atoms with Crippen LogP contribution in [0, 0.1) is 0 Å². The van der Waals surface area contributed by atoms with Crippen LogP contribution in [0.5, 0.6) is 0 Å². The Morgan fingerprint density at radius 3 is 2.65 bits per heavy atom.